The largest absolute Gasteiger partial charge is 0.327 e. The van der Waals surface area contributed by atoms with E-state index in [1.165, 1.54) is 25.7 Å². The molecule has 3 unspecified atom stereocenters. The summed E-state index contributed by atoms with van der Waals surface area (Å²) < 4.78 is 0. The topological polar surface area (TPSA) is 26.0 Å². The molecule has 78 valence electrons. The third kappa shape index (κ3) is 3.30. The molecule has 1 fully saturated rings. The van der Waals surface area contributed by atoms with Crippen LogP contribution in [0.1, 0.15) is 53.4 Å². The first-order valence-electron chi connectivity index (χ1n) is 5.66. The molecule has 1 heteroatoms. The average molecular weight is 183 g/mol. The molecule has 0 amide bonds. The molecule has 0 aliphatic heterocycles. The number of hydrogen-bond donors (Lipinski definition) is 1. The third-order valence-electron chi connectivity index (χ3n) is 3.55. The molecule has 1 nitrogen and oxygen atoms in total. The molecule has 1 rings (SSSR count). The molecular formula is C12H25N. The van der Waals surface area contributed by atoms with Gasteiger partial charge in [-0.2, -0.15) is 0 Å². The van der Waals surface area contributed by atoms with Crippen molar-refractivity contribution in [3.63, 3.8) is 0 Å². The van der Waals surface area contributed by atoms with Gasteiger partial charge in [0.1, 0.15) is 0 Å². The fraction of sp³-hybridized carbons (Fsp3) is 1.00. The van der Waals surface area contributed by atoms with Crippen LogP contribution in [0.2, 0.25) is 0 Å². The van der Waals surface area contributed by atoms with Crippen molar-refractivity contribution in [1.82, 2.24) is 0 Å². The van der Waals surface area contributed by atoms with Crippen LogP contribution in [0.5, 0.6) is 0 Å². The van der Waals surface area contributed by atoms with Crippen molar-refractivity contribution in [2.45, 2.75) is 59.4 Å². The van der Waals surface area contributed by atoms with Crippen molar-refractivity contribution in [1.29, 1.82) is 0 Å². The van der Waals surface area contributed by atoms with Crippen molar-refractivity contribution in [2.24, 2.45) is 23.0 Å². The summed E-state index contributed by atoms with van der Waals surface area (Å²) in [4.78, 5) is 0. The normalized spacial score (nSPS) is 35.3. The molecular weight excluding hydrogens is 158 g/mol. The highest BCUT2D eigenvalue weighted by Gasteiger charge is 2.30. The Balaban J connectivity index is 2.30. The Morgan fingerprint density at radius 1 is 1.23 bits per heavy atom. The van der Waals surface area contributed by atoms with Gasteiger partial charge in [-0.25, -0.2) is 0 Å². The lowest BCUT2D eigenvalue weighted by Crippen LogP contribution is -2.25. The van der Waals surface area contributed by atoms with Gasteiger partial charge >= 0.3 is 0 Å². The Hall–Kier alpha value is -0.0400. The minimum absolute atomic E-state index is 0.477. The van der Waals surface area contributed by atoms with E-state index < -0.39 is 0 Å². The van der Waals surface area contributed by atoms with E-state index in [0.717, 1.165) is 11.8 Å². The van der Waals surface area contributed by atoms with Crippen LogP contribution in [0.15, 0.2) is 0 Å². The van der Waals surface area contributed by atoms with Gasteiger partial charge in [-0.3, -0.25) is 0 Å². The Morgan fingerprint density at radius 3 is 2.23 bits per heavy atom. The van der Waals surface area contributed by atoms with Crippen molar-refractivity contribution < 1.29 is 0 Å². The Bertz CT molecular complexity index is 157. The summed E-state index contributed by atoms with van der Waals surface area (Å²) in [5.41, 5.74) is 6.50. The zero-order chi connectivity index (χ0) is 10.1. The second kappa shape index (κ2) is 4.00. The summed E-state index contributed by atoms with van der Waals surface area (Å²) >= 11 is 0. The zero-order valence-electron chi connectivity index (χ0n) is 9.64. The summed E-state index contributed by atoms with van der Waals surface area (Å²) in [6.07, 6.45) is 5.32. The van der Waals surface area contributed by atoms with Crippen molar-refractivity contribution in [2.75, 3.05) is 0 Å². The van der Waals surface area contributed by atoms with Crippen molar-refractivity contribution >= 4 is 0 Å². The van der Waals surface area contributed by atoms with Gasteiger partial charge in [-0.05, 0) is 42.9 Å². The summed E-state index contributed by atoms with van der Waals surface area (Å²) in [5.74, 6) is 1.65. The van der Waals surface area contributed by atoms with Crippen LogP contribution in [0.4, 0.5) is 0 Å². The maximum atomic E-state index is 6.01. The van der Waals surface area contributed by atoms with E-state index in [4.69, 9.17) is 5.73 Å². The molecule has 0 radical (unpaired) electrons. The van der Waals surface area contributed by atoms with Crippen LogP contribution < -0.4 is 5.73 Å². The fourth-order valence-corrected chi connectivity index (χ4v) is 2.31. The summed E-state index contributed by atoms with van der Waals surface area (Å²) in [6.45, 7) is 9.30. The van der Waals surface area contributed by atoms with Crippen LogP contribution in [0.25, 0.3) is 0 Å². The predicted octanol–water partition coefficient (Wildman–Crippen LogP) is 3.19. The monoisotopic (exact) mass is 183 g/mol. The lowest BCUT2D eigenvalue weighted by molar-refractivity contribution is 0.286. The molecule has 0 heterocycles. The van der Waals surface area contributed by atoms with Gasteiger partial charge in [-0.1, -0.05) is 27.7 Å². The lowest BCUT2D eigenvalue weighted by atomic mass is 9.83. The van der Waals surface area contributed by atoms with Crippen LogP contribution in [-0.4, -0.2) is 6.04 Å². The van der Waals surface area contributed by atoms with E-state index >= 15 is 0 Å². The predicted molar refractivity (Wildman–Crippen MR) is 58.6 cm³/mol. The maximum absolute atomic E-state index is 6.01. The third-order valence-corrected chi connectivity index (χ3v) is 3.55. The molecule has 0 aromatic heterocycles. The minimum Gasteiger partial charge on any atom is -0.327 e. The summed E-state index contributed by atoms with van der Waals surface area (Å²) in [7, 11) is 0. The highest BCUT2D eigenvalue weighted by atomic mass is 14.7. The molecule has 0 spiro atoms. The van der Waals surface area contributed by atoms with Crippen molar-refractivity contribution in [3.05, 3.63) is 0 Å². The highest BCUT2D eigenvalue weighted by Crippen LogP contribution is 2.36. The molecule has 0 bridgehead atoms. The van der Waals surface area contributed by atoms with E-state index in [0.29, 0.717) is 11.5 Å². The minimum atomic E-state index is 0.477. The zero-order valence-corrected chi connectivity index (χ0v) is 9.64. The fourth-order valence-electron chi connectivity index (χ4n) is 2.31. The van der Waals surface area contributed by atoms with Gasteiger partial charge < -0.3 is 5.73 Å². The second-order valence-electron chi connectivity index (χ2n) is 5.96. The Labute approximate surface area is 83.1 Å². The van der Waals surface area contributed by atoms with E-state index in [9.17, 15) is 0 Å². The SMILES string of the molecule is CC1C(N)CCC1CCC(C)(C)C. The quantitative estimate of drug-likeness (QED) is 0.699. The van der Waals surface area contributed by atoms with Gasteiger partial charge in [0, 0.05) is 6.04 Å². The van der Waals surface area contributed by atoms with Gasteiger partial charge in [-0.15, -0.1) is 0 Å². The van der Waals surface area contributed by atoms with Crippen LogP contribution >= 0.6 is 0 Å². The highest BCUT2D eigenvalue weighted by molar-refractivity contribution is 4.85. The molecule has 1 aliphatic rings. The van der Waals surface area contributed by atoms with Crippen molar-refractivity contribution in [3.8, 4) is 0 Å². The second-order valence-corrected chi connectivity index (χ2v) is 5.96. The van der Waals surface area contributed by atoms with Crippen LogP contribution in [-0.2, 0) is 0 Å². The van der Waals surface area contributed by atoms with Gasteiger partial charge in [0.2, 0.25) is 0 Å². The first-order valence-corrected chi connectivity index (χ1v) is 5.66. The van der Waals surface area contributed by atoms with Gasteiger partial charge in [0.05, 0.1) is 0 Å². The number of nitrogens with two attached hydrogens (primary N) is 1. The number of rotatable bonds is 2. The lowest BCUT2D eigenvalue weighted by Gasteiger charge is -2.23. The first kappa shape index (κ1) is 11.0. The van der Waals surface area contributed by atoms with Gasteiger partial charge in [0.25, 0.3) is 0 Å². The molecule has 1 aliphatic carbocycles. The van der Waals surface area contributed by atoms with Crippen LogP contribution in [0, 0.1) is 17.3 Å². The van der Waals surface area contributed by atoms with E-state index in [1.807, 2.05) is 0 Å². The maximum Gasteiger partial charge on any atom is 0.00672 e. The van der Waals surface area contributed by atoms with E-state index in [-0.39, 0.29) is 0 Å². The summed E-state index contributed by atoms with van der Waals surface area (Å²) in [6, 6.07) is 0.477. The molecule has 0 saturated heterocycles. The van der Waals surface area contributed by atoms with Gasteiger partial charge in [0.15, 0.2) is 0 Å². The molecule has 3 atom stereocenters. The molecule has 1 saturated carbocycles. The molecule has 2 N–H and O–H groups in total. The molecule has 0 aromatic carbocycles. The smallest absolute Gasteiger partial charge is 0.00672 e. The molecule has 0 aromatic rings. The number of hydrogen-bond acceptors (Lipinski definition) is 1. The Morgan fingerprint density at radius 2 is 1.85 bits per heavy atom. The Kier molecular flexibility index (Phi) is 3.39. The molecule has 13 heavy (non-hydrogen) atoms. The van der Waals surface area contributed by atoms with Crippen LogP contribution in [0.3, 0.4) is 0 Å². The average Bonchev–Trinajstić information content (AvgIpc) is 2.29. The van der Waals surface area contributed by atoms with E-state index in [1.54, 1.807) is 0 Å². The standard InChI is InChI=1S/C12H25N/c1-9-10(5-6-11(9)13)7-8-12(2,3)4/h9-11H,5-8,13H2,1-4H3. The first-order chi connectivity index (χ1) is 5.90. The van der Waals surface area contributed by atoms with E-state index in [2.05, 4.69) is 27.7 Å². The summed E-state index contributed by atoms with van der Waals surface area (Å²) in [5, 5.41) is 0.